The number of hydrogen-bond acceptors (Lipinski definition) is 2. The van der Waals surface area contributed by atoms with E-state index in [1.54, 1.807) is 0 Å². The molecule has 0 saturated carbocycles. The first kappa shape index (κ1) is 13.3. The number of fused-ring (bicyclic) bond motifs is 1. The second-order valence-corrected chi connectivity index (χ2v) is 5.82. The SMILES string of the molecule is Cc1cc(N)c(Cl)cc1N1CCc2ccccc2CC1. The van der Waals surface area contributed by atoms with Gasteiger partial charge in [-0.05, 0) is 48.6 Å². The number of hydrogen-bond donors (Lipinski definition) is 1. The topological polar surface area (TPSA) is 29.3 Å². The van der Waals surface area contributed by atoms with Crippen molar-refractivity contribution in [3.05, 3.63) is 58.1 Å². The molecule has 0 amide bonds. The lowest BCUT2D eigenvalue weighted by molar-refractivity contribution is 0.803. The van der Waals surface area contributed by atoms with Gasteiger partial charge in [-0.15, -0.1) is 0 Å². The van der Waals surface area contributed by atoms with Crippen molar-refractivity contribution < 1.29 is 0 Å². The number of rotatable bonds is 1. The van der Waals surface area contributed by atoms with Crippen LogP contribution in [0, 0.1) is 6.92 Å². The van der Waals surface area contributed by atoms with Crippen molar-refractivity contribution in [1.29, 1.82) is 0 Å². The molecule has 1 aliphatic rings. The Morgan fingerprint density at radius 1 is 1.05 bits per heavy atom. The Bertz CT molecular complexity index is 610. The Labute approximate surface area is 125 Å². The molecule has 2 N–H and O–H groups in total. The quantitative estimate of drug-likeness (QED) is 0.807. The molecule has 0 saturated heterocycles. The van der Waals surface area contributed by atoms with E-state index in [-0.39, 0.29) is 0 Å². The minimum Gasteiger partial charge on any atom is -0.398 e. The molecule has 0 spiro atoms. The molecule has 1 heterocycles. The molecule has 3 rings (SSSR count). The van der Waals surface area contributed by atoms with E-state index in [9.17, 15) is 0 Å². The van der Waals surface area contributed by atoms with Crippen molar-refractivity contribution in [2.45, 2.75) is 19.8 Å². The molecule has 2 nitrogen and oxygen atoms in total. The lowest BCUT2D eigenvalue weighted by atomic mass is 10.0. The highest BCUT2D eigenvalue weighted by Crippen LogP contribution is 2.30. The summed E-state index contributed by atoms with van der Waals surface area (Å²) in [6.07, 6.45) is 2.16. The molecule has 104 valence electrons. The molecule has 0 unspecified atom stereocenters. The van der Waals surface area contributed by atoms with Gasteiger partial charge in [0.25, 0.3) is 0 Å². The molecule has 0 aromatic heterocycles. The summed E-state index contributed by atoms with van der Waals surface area (Å²) >= 11 is 6.18. The number of aryl methyl sites for hydroxylation is 1. The van der Waals surface area contributed by atoms with Gasteiger partial charge in [-0.25, -0.2) is 0 Å². The van der Waals surface area contributed by atoms with Crippen LogP contribution in [0.1, 0.15) is 16.7 Å². The zero-order valence-electron chi connectivity index (χ0n) is 11.7. The highest BCUT2D eigenvalue weighted by atomic mass is 35.5. The summed E-state index contributed by atoms with van der Waals surface area (Å²) in [5.41, 5.74) is 11.9. The highest BCUT2D eigenvalue weighted by Gasteiger charge is 2.16. The molecular formula is C17H19ClN2. The van der Waals surface area contributed by atoms with E-state index in [1.165, 1.54) is 22.4 Å². The molecular weight excluding hydrogens is 268 g/mol. The van der Waals surface area contributed by atoms with Crippen molar-refractivity contribution in [3.63, 3.8) is 0 Å². The molecule has 0 bridgehead atoms. The summed E-state index contributed by atoms with van der Waals surface area (Å²) in [6, 6.07) is 12.7. The molecule has 20 heavy (non-hydrogen) atoms. The zero-order valence-corrected chi connectivity index (χ0v) is 12.5. The molecule has 0 aliphatic carbocycles. The lowest BCUT2D eigenvalue weighted by Crippen LogP contribution is -2.26. The molecule has 0 atom stereocenters. The minimum atomic E-state index is 0.646. The number of nitrogens with zero attached hydrogens (tertiary/aromatic N) is 1. The van der Waals surface area contributed by atoms with Crippen LogP contribution in [0.2, 0.25) is 5.02 Å². The van der Waals surface area contributed by atoms with E-state index in [0.29, 0.717) is 10.7 Å². The van der Waals surface area contributed by atoms with E-state index >= 15 is 0 Å². The first-order valence-corrected chi connectivity index (χ1v) is 7.40. The van der Waals surface area contributed by atoms with Crippen LogP contribution in [0.3, 0.4) is 0 Å². The maximum absolute atomic E-state index is 6.18. The number of anilines is 2. The Morgan fingerprint density at radius 3 is 2.25 bits per heavy atom. The van der Waals surface area contributed by atoms with Crippen LogP contribution in [0.5, 0.6) is 0 Å². The van der Waals surface area contributed by atoms with Crippen LogP contribution < -0.4 is 10.6 Å². The predicted octanol–water partition coefficient (Wildman–Crippen LogP) is 3.84. The molecule has 1 aliphatic heterocycles. The van der Waals surface area contributed by atoms with Crippen molar-refractivity contribution >= 4 is 23.0 Å². The molecule has 2 aromatic rings. The van der Waals surface area contributed by atoms with Crippen molar-refractivity contribution in [3.8, 4) is 0 Å². The summed E-state index contributed by atoms with van der Waals surface area (Å²) < 4.78 is 0. The van der Waals surface area contributed by atoms with E-state index < -0.39 is 0 Å². The fourth-order valence-corrected chi connectivity index (χ4v) is 3.10. The van der Waals surface area contributed by atoms with Crippen LogP contribution in [-0.2, 0) is 12.8 Å². The molecule has 0 fully saturated rings. The first-order chi connectivity index (χ1) is 9.65. The largest absolute Gasteiger partial charge is 0.398 e. The summed E-state index contributed by atoms with van der Waals surface area (Å²) in [6.45, 7) is 4.15. The van der Waals surface area contributed by atoms with Crippen LogP contribution in [0.4, 0.5) is 11.4 Å². The van der Waals surface area contributed by atoms with Gasteiger partial charge in [0.1, 0.15) is 0 Å². The first-order valence-electron chi connectivity index (χ1n) is 7.02. The van der Waals surface area contributed by atoms with Gasteiger partial charge < -0.3 is 10.6 Å². The fraction of sp³-hybridized carbons (Fsp3) is 0.294. The van der Waals surface area contributed by atoms with E-state index in [0.717, 1.165) is 25.9 Å². The average molecular weight is 287 g/mol. The summed E-state index contributed by atoms with van der Waals surface area (Å²) in [5, 5.41) is 0.646. The summed E-state index contributed by atoms with van der Waals surface area (Å²) in [4.78, 5) is 2.42. The number of nitrogen functional groups attached to an aromatic ring is 1. The molecule has 3 heteroatoms. The van der Waals surface area contributed by atoms with Crippen molar-refractivity contribution in [2.75, 3.05) is 23.7 Å². The number of nitrogens with two attached hydrogens (primary N) is 1. The Morgan fingerprint density at radius 2 is 1.65 bits per heavy atom. The third kappa shape index (κ3) is 2.48. The van der Waals surface area contributed by atoms with Crippen LogP contribution in [0.15, 0.2) is 36.4 Å². The fourth-order valence-electron chi connectivity index (χ4n) is 2.94. The van der Waals surface area contributed by atoms with E-state index in [4.69, 9.17) is 17.3 Å². The van der Waals surface area contributed by atoms with E-state index in [1.807, 2.05) is 12.1 Å². The Balaban J connectivity index is 1.89. The summed E-state index contributed by atoms with van der Waals surface area (Å²) in [7, 11) is 0. The Kier molecular flexibility index (Phi) is 3.58. The molecule has 2 aromatic carbocycles. The maximum atomic E-state index is 6.18. The number of benzene rings is 2. The normalized spacial score (nSPS) is 14.8. The summed E-state index contributed by atoms with van der Waals surface area (Å²) in [5.74, 6) is 0. The second kappa shape index (κ2) is 5.37. The van der Waals surface area contributed by atoms with Gasteiger partial charge in [0, 0.05) is 18.8 Å². The standard InChI is InChI=1S/C17H19ClN2/c1-12-10-16(19)15(18)11-17(12)20-8-6-13-4-2-3-5-14(13)7-9-20/h2-5,10-11H,6-9,19H2,1H3. The van der Waals surface area contributed by atoms with Gasteiger partial charge in [-0.1, -0.05) is 35.9 Å². The Hall–Kier alpha value is -1.67. The minimum absolute atomic E-state index is 0.646. The van der Waals surface area contributed by atoms with E-state index in [2.05, 4.69) is 36.1 Å². The highest BCUT2D eigenvalue weighted by molar-refractivity contribution is 6.33. The molecule has 0 radical (unpaired) electrons. The van der Waals surface area contributed by atoms with Crippen molar-refractivity contribution in [2.24, 2.45) is 0 Å². The van der Waals surface area contributed by atoms with Crippen LogP contribution in [-0.4, -0.2) is 13.1 Å². The average Bonchev–Trinajstić information content (AvgIpc) is 2.65. The van der Waals surface area contributed by atoms with Crippen LogP contribution in [0.25, 0.3) is 0 Å². The van der Waals surface area contributed by atoms with Gasteiger partial charge in [0.15, 0.2) is 0 Å². The zero-order chi connectivity index (χ0) is 14.1. The monoisotopic (exact) mass is 286 g/mol. The predicted molar refractivity (Wildman–Crippen MR) is 86.7 cm³/mol. The van der Waals surface area contributed by atoms with Crippen LogP contribution >= 0.6 is 11.6 Å². The lowest BCUT2D eigenvalue weighted by Gasteiger charge is -2.25. The third-order valence-corrected chi connectivity index (χ3v) is 4.40. The van der Waals surface area contributed by atoms with Gasteiger partial charge in [0.2, 0.25) is 0 Å². The van der Waals surface area contributed by atoms with Gasteiger partial charge >= 0.3 is 0 Å². The van der Waals surface area contributed by atoms with Gasteiger partial charge in [-0.2, -0.15) is 0 Å². The third-order valence-electron chi connectivity index (χ3n) is 4.08. The maximum Gasteiger partial charge on any atom is 0.0656 e. The van der Waals surface area contributed by atoms with Gasteiger partial charge in [-0.3, -0.25) is 0 Å². The smallest absolute Gasteiger partial charge is 0.0656 e. The van der Waals surface area contributed by atoms with Gasteiger partial charge in [0.05, 0.1) is 10.7 Å². The van der Waals surface area contributed by atoms with Crippen molar-refractivity contribution in [1.82, 2.24) is 0 Å². The second-order valence-electron chi connectivity index (χ2n) is 5.42. The number of halogens is 1.